The van der Waals surface area contributed by atoms with Crippen molar-refractivity contribution in [2.45, 2.75) is 49.3 Å². The molecule has 3 heterocycles. The maximum Gasteiger partial charge on any atom is 0.237 e. The Bertz CT molecular complexity index is 755. The highest BCUT2D eigenvalue weighted by atomic mass is 32.2. The van der Waals surface area contributed by atoms with Gasteiger partial charge < -0.3 is 9.42 Å². The molecule has 5 heteroatoms. The summed E-state index contributed by atoms with van der Waals surface area (Å²) in [6, 6.07) is 8.48. The Balaban J connectivity index is 1.53. The van der Waals surface area contributed by atoms with Gasteiger partial charge in [-0.15, -0.1) is 11.8 Å². The SMILES string of the molecule is Cc1ccc2c(c1)S[C@H](C(=O)N1CCC[C@@H]1c1cc(C)no1)C2. The van der Waals surface area contributed by atoms with Crippen molar-refractivity contribution in [1.82, 2.24) is 10.1 Å². The number of likely N-dealkylation sites (tertiary alicyclic amines) is 1. The number of aryl methyl sites for hydroxylation is 2. The van der Waals surface area contributed by atoms with Crippen LogP contribution in [0.1, 0.15) is 41.5 Å². The van der Waals surface area contributed by atoms with Crippen LogP contribution in [0.3, 0.4) is 0 Å². The molecule has 0 spiro atoms. The number of carbonyl (C=O) groups excluding carboxylic acids is 1. The summed E-state index contributed by atoms with van der Waals surface area (Å²) in [5.74, 6) is 1.06. The van der Waals surface area contributed by atoms with E-state index in [-0.39, 0.29) is 17.2 Å². The molecule has 0 radical (unpaired) electrons. The van der Waals surface area contributed by atoms with E-state index in [9.17, 15) is 4.79 Å². The van der Waals surface area contributed by atoms with Gasteiger partial charge in [0, 0.05) is 17.5 Å². The lowest BCUT2D eigenvalue weighted by Crippen LogP contribution is -2.37. The molecular weight excluding hydrogens is 308 g/mol. The minimum atomic E-state index is -0.00332. The zero-order valence-corrected chi connectivity index (χ0v) is 14.2. The highest BCUT2D eigenvalue weighted by Crippen LogP contribution is 2.41. The minimum Gasteiger partial charge on any atom is -0.359 e. The summed E-state index contributed by atoms with van der Waals surface area (Å²) >= 11 is 1.71. The van der Waals surface area contributed by atoms with Gasteiger partial charge in [0.15, 0.2) is 5.76 Å². The van der Waals surface area contributed by atoms with Gasteiger partial charge in [-0.1, -0.05) is 22.9 Å². The molecule has 1 aromatic heterocycles. The quantitative estimate of drug-likeness (QED) is 0.844. The van der Waals surface area contributed by atoms with Gasteiger partial charge in [0.2, 0.25) is 5.91 Å². The third kappa shape index (κ3) is 2.67. The maximum atomic E-state index is 13.0. The van der Waals surface area contributed by atoms with Crippen LogP contribution in [0, 0.1) is 13.8 Å². The molecule has 0 unspecified atom stereocenters. The molecular formula is C18H20N2O2S. The number of carbonyl (C=O) groups is 1. The fourth-order valence-corrected chi connectivity index (χ4v) is 4.89. The van der Waals surface area contributed by atoms with Crippen molar-refractivity contribution in [3.63, 3.8) is 0 Å². The van der Waals surface area contributed by atoms with Gasteiger partial charge in [-0.3, -0.25) is 4.79 Å². The van der Waals surface area contributed by atoms with Crippen molar-refractivity contribution in [2.24, 2.45) is 0 Å². The van der Waals surface area contributed by atoms with Crippen LogP contribution in [0.5, 0.6) is 0 Å². The second-order valence-corrected chi connectivity index (χ2v) is 7.73. The summed E-state index contributed by atoms with van der Waals surface area (Å²) in [6.45, 7) is 4.83. The fourth-order valence-electron chi connectivity index (χ4n) is 3.52. The van der Waals surface area contributed by atoms with Crippen molar-refractivity contribution < 1.29 is 9.32 Å². The van der Waals surface area contributed by atoms with E-state index in [4.69, 9.17) is 4.52 Å². The van der Waals surface area contributed by atoms with Crippen LogP contribution >= 0.6 is 11.8 Å². The summed E-state index contributed by atoms with van der Waals surface area (Å²) < 4.78 is 5.42. The van der Waals surface area contributed by atoms with E-state index in [0.29, 0.717) is 0 Å². The fraction of sp³-hybridized carbons (Fsp3) is 0.444. The molecule has 120 valence electrons. The van der Waals surface area contributed by atoms with Crippen LogP contribution in [-0.4, -0.2) is 27.8 Å². The van der Waals surface area contributed by atoms with E-state index in [1.807, 2.05) is 17.9 Å². The van der Waals surface area contributed by atoms with E-state index in [2.05, 4.69) is 30.3 Å². The van der Waals surface area contributed by atoms with Gasteiger partial charge >= 0.3 is 0 Å². The van der Waals surface area contributed by atoms with E-state index >= 15 is 0 Å². The van der Waals surface area contributed by atoms with Crippen molar-refractivity contribution >= 4 is 17.7 Å². The largest absolute Gasteiger partial charge is 0.359 e. The Morgan fingerprint density at radius 2 is 2.22 bits per heavy atom. The lowest BCUT2D eigenvalue weighted by molar-refractivity contribution is -0.131. The average molecular weight is 328 g/mol. The van der Waals surface area contributed by atoms with Gasteiger partial charge in [-0.2, -0.15) is 0 Å². The Morgan fingerprint density at radius 1 is 1.35 bits per heavy atom. The third-order valence-corrected chi connectivity index (χ3v) is 5.97. The zero-order valence-electron chi connectivity index (χ0n) is 13.4. The zero-order chi connectivity index (χ0) is 16.0. The first-order valence-corrected chi connectivity index (χ1v) is 8.99. The number of aromatic nitrogens is 1. The minimum absolute atomic E-state index is 0.00332. The van der Waals surface area contributed by atoms with E-state index in [1.54, 1.807) is 11.8 Å². The highest BCUT2D eigenvalue weighted by molar-refractivity contribution is 8.01. The smallest absolute Gasteiger partial charge is 0.237 e. The van der Waals surface area contributed by atoms with Gasteiger partial charge in [0.05, 0.1) is 17.0 Å². The lowest BCUT2D eigenvalue weighted by atomic mass is 10.1. The third-order valence-electron chi connectivity index (χ3n) is 4.68. The van der Waals surface area contributed by atoms with Crippen molar-refractivity contribution in [3.05, 3.63) is 46.8 Å². The molecule has 1 fully saturated rings. The number of hydrogen-bond donors (Lipinski definition) is 0. The first kappa shape index (κ1) is 14.8. The van der Waals surface area contributed by atoms with Crippen LogP contribution in [0.15, 0.2) is 33.7 Å². The Kier molecular flexibility index (Phi) is 3.68. The molecule has 1 aromatic carbocycles. The van der Waals surface area contributed by atoms with Gasteiger partial charge in [0.1, 0.15) is 0 Å². The summed E-state index contributed by atoms with van der Waals surface area (Å²) in [5, 5.41) is 3.97. The molecule has 4 nitrogen and oxygen atoms in total. The van der Waals surface area contributed by atoms with Crippen LogP contribution in [0.4, 0.5) is 0 Å². The number of hydrogen-bond acceptors (Lipinski definition) is 4. The Morgan fingerprint density at radius 3 is 3.00 bits per heavy atom. The van der Waals surface area contributed by atoms with Gasteiger partial charge in [-0.25, -0.2) is 0 Å². The van der Waals surface area contributed by atoms with Gasteiger partial charge in [-0.05, 0) is 44.7 Å². The summed E-state index contributed by atoms with van der Waals surface area (Å²) in [7, 11) is 0. The monoisotopic (exact) mass is 328 g/mol. The number of amides is 1. The normalized spacial score (nSPS) is 23.3. The molecule has 2 atom stereocenters. The summed E-state index contributed by atoms with van der Waals surface area (Å²) in [4.78, 5) is 16.3. The molecule has 1 saturated heterocycles. The number of rotatable bonds is 2. The lowest BCUT2D eigenvalue weighted by Gasteiger charge is -2.25. The predicted octanol–water partition coefficient (Wildman–Crippen LogP) is 3.67. The molecule has 0 bridgehead atoms. The Labute approximate surface area is 140 Å². The molecule has 4 rings (SSSR count). The topological polar surface area (TPSA) is 46.3 Å². The second kappa shape index (κ2) is 5.71. The maximum absolute atomic E-state index is 13.0. The molecule has 23 heavy (non-hydrogen) atoms. The molecule has 0 saturated carbocycles. The van der Waals surface area contributed by atoms with Crippen LogP contribution in [0.25, 0.3) is 0 Å². The molecule has 0 N–H and O–H groups in total. The van der Waals surface area contributed by atoms with E-state index in [0.717, 1.165) is 37.3 Å². The Hall–Kier alpha value is -1.75. The van der Waals surface area contributed by atoms with Crippen molar-refractivity contribution in [3.8, 4) is 0 Å². The van der Waals surface area contributed by atoms with Crippen molar-refractivity contribution in [2.75, 3.05) is 6.54 Å². The molecule has 2 aliphatic rings. The van der Waals surface area contributed by atoms with Crippen LogP contribution in [0.2, 0.25) is 0 Å². The average Bonchev–Trinajstić information content (AvgIpc) is 3.23. The highest BCUT2D eigenvalue weighted by Gasteiger charge is 2.38. The van der Waals surface area contributed by atoms with Crippen LogP contribution < -0.4 is 0 Å². The number of nitrogens with zero attached hydrogens (tertiary/aromatic N) is 2. The number of fused-ring (bicyclic) bond motifs is 1. The summed E-state index contributed by atoms with van der Waals surface area (Å²) in [5.41, 5.74) is 3.42. The summed E-state index contributed by atoms with van der Waals surface area (Å²) in [6.07, 6.45) is 2.82. The second-order valence-electron chi connectivity index (χ2n) is 6.48. The first-order valence-electron chi connectivity index (χ1n) is 8.12. The van der Waals surface area contributed by atoms with Gasteiger partial charge in [0.25, 0.3) is 0 Å². The number of thioether (sulfide) groups is 1. The molecule has 1 amide bonds. The van der Waals surface area contributed by atoms with Crippen LogP contribution in [-0.2, 0) is 11.2 Å². The molecule has 2 aliphatic heterocycles. The predicted molar refractivity (Wildman–Crippen MR) is 89.5 cm³/mol. The van der Waals surface area contributed by atoms with E-state index in [1.165, 1.54) is 16.0 Å². The molecule has 0 aliphatic carbocycles. The van der Waals surface area contributed by atoms with E-state index < -0.39 is 0 Å². The first-order chi connectivity index (χ1) is 11.1. The number of benzene rings is 1. The van der Waals surface area contributed by atoms with Crippen molar-refractivity contribution in [1.29, 1.82) is 0 Å². The standard InChI is InChI=1S/C18H20N2O2S/c1-11-5-6-13-10-17(23-16(13)8-11)18(21)20-7-3-4-14(20)15-9-12(2)19-22-15/h5-6,8-9,14,17H,3-4,7,10H2,1-2H3/t14-,17+/m1/s1. The molecule has 2 aromatic rings.